The van der Waals surface area contributed by atoms with Crippen LogP contribution in [0.1, 0.15) is 32.3 Å². The summed E-state index contributed by atoms with van der Waals surface area (Å²) in [6.45, 7) is 6.61. The summed E-state index contributed by atoms with van der Waals surface area (Å²) in [4.78, 5) is 2.34. The van der Waals surface area contributed by atoms with Gasteiger partial charge in [0.15, 0.2) is 0 Å². The number of rotatable bonds is 3. The standard InChI is InChI=1S/C17H26N2O/c1-12(2)17-11-19(3)15-10-13(6-7-16(15)20-17)9-14-5-4-8-18-14/h6-7,10,12,14,17-18H,4-5,8-9,11H2,1-3H3. The molecule has 1 fully saturated rings. The van der Waals surface area contributed by atoms with Crippen LogP contribution in [0.5, 0.6) is 5.75 Å². The molecule has 0 saturated carbocycles. The molecule has 2 atom stereocenters. The number of benzene rings is 1. The maximum absolute atomic E-state index is 6.13. The summed E-state index contributed by atoms with van der Waals surface area (Å²) >= 11 is 0. The van der Waals surface area contributed by atoms with Crippen LogP contribution in [-0.4, -0.2) is 32.3 Å². The maximum Gasteiger partial charge on any atom is 0.143 e. The highest BCUT2D eigenvalue weighted by molar-refractivity contribution is 5.61. The van der Waals surface area contributed by atoms with E-state index in [1.807, 2.05) is 0 Å². The lowest BCUT2D eigenvalue weighted by Gasteiger charge is -2.36. The Hall–Kier alpha value is -1.22. The molecule has 1 aromatic rings. The van der Waals surface area contributed by atoms with E-state index in [1.165, 1.54) is 30.6 Å². The first-order valence-electron chi connectivity index (χ1n) is 7.87. The van der Waals surface area contributed by atoms with Crippen LogP contribution in [0, 0.1) is 5.92 Å². The number of nitrogens with zero attached hydrogens (tertiary/aromatic N) is 1. The Bertz CT molecular complexity index is 466. The van der Waals surface area contributed by atoms with E-state index in [9.17, 15) is 0 Å². The Labute approximate surface area is 122 Å². The Balaban J connectivity index is 1.77. The van der Waals surface area contributed by atoms with E-state index in [4.69, 9.17) is 4.74 Å². The van der Waals surface area contributed by atoms with Crippen LogP contribution in [0.15, 0.2) is 18.2 Å². The molecule has 3 rings (SSSR count). The van der Waals surface area contributed by atoms with E-state index in [0.717, 1.165) is 18.7 Å². The molecule has 20 heavy (non-hydrogen) atoms. The van der Waals surface area contributed by atoms with Crippen molar-refractivity contribution in [1.29, 1.82) is 0 Å². The minimum absolute atomic E-state index is 0.301. The van der Waals surface area contributed by atoms with Crippen LogP contribution in [-0.2, 0) is 6.42 Å². The van der Waals surface area contributed by atoms with Gasteiger partial charge in [0.25, 0.3) is 0 Å². The molecule has 1 saturated heterocycles. The lowest BCUT2D eigenvalue weighted by atomic mass is 10.0. The first kappa shape index (κ1) is 13.7. The Morgan fingerprint density at radius 2 is 2.25 bits per heavy atom. The molecule has 2 unspecified atom stereocenters. The van der Waals surface area contributed by atoms with E-state index in [-0.39, 0.29) is 0 Å². The zero-order chi connectivity index (χ0) is 14.1. The third-order valence-corrected chi connectivity index (χ3v) is 4.55. The number of likely N-dealkylation sites (N-methyl/N-ethyl adjacent to an activating group) is 1. The smallest absolute Gasteiger partial charge is 0.143 e. The minimum Gasteiger partial charge on any atom is -0.486 e. The maximum atomic E-state index is 6.13. The van der Waals surface area contributed by atoms with Gasteiger partial charge in [-0.3, -0.25) is 0 Å². The zero-order valence-corrected chi connectivity index (χ0v) is 12.9. The van der Waals surface area contributed by atoms with Crippen molar-refractivity contribution in [2.75, 3.05) is 25.0 Å². The molecule has 0 spiro atoms. The van der Waals surface area contributed by atoms with Crippen molar-refractivity contribution < 1.29 is 4.74 Å². The van der Waals surface area contributed by atoms with Gasteiger partial charge in [0, 0.05) is 13.1 Å². The average Bonchev–Trinajstić information content (AvgIpc) is 2.92. The number of hydrogen-bond acceptors (Lipinski definition) is 3. The summed E-state index contributed by atoms with van der Waals surface area (Å²) in [5, 5.41) is 3.57. The molecule has 1 N–H and O–H groups in total. The number of fused-ring (bicyclic) bond motifs is 1. The first-order valence-corrected chi connectivity index (χ1v) is 7.87. The van der Waals surface area contributed by atoms with Gasteiger partial charge in [-0.15, -0.1) is 0 Å². The highest BCUT2D eigenvalue weighted by Gasteiger charge is 2.26. The second-order valence-electron chi connectivity index (χ2n) is 6.58. The van der Waals surface area contributed by atoms with E-state index in [0.29, 0.717) is 18.1 Å². The first-order chi connectivity index (χ1) is 9.63. The summed E-state index contributed by atoms with van der Waals surface area (Å²) in [5.74, 6) is 1.59. The summed E-state index contributed by atoms with van der Waals surface area (Å²) in [6, 6.07) is 7.36. The fourth-order valence-corrected chi connectivity index (χ4v) is 3.22. The van der Waals surface area contributed by atoms with Crippen LogP contribution >= 0.6 is 0 Å². The molecular formula is C17H26N2O. The molecule has 2 aliphatic heterocycles. The minimum atomic E-state index is 0.301. The zero-order valence-electron chi connectivity index (χ0n) is 12.9. The van der Waals surface area contributed by atoms with Gasteiger partial charge >= 0.3 is 0 Å². The summed E-state index contributed by atoms with van der Waals surface area (Å²) in [5.41, 5.74) is 2.67. The van der Waals surface area contributed by atoms with Crippen LogP contribution in [0.4, 0.5) is 5.69 Å². The number of ether oxygens (including phenoxy) is 1. The Morgan fingerprint density at radius 1 is 1.40 bits per heavy atom. The second kappa shape index (κ2) is 5.65. The van der Waals surface area contributed by atoms with Crippen molar-refractivity contribution in [2.45, 2.75) is 45.3 Å². The van der Waals surface area contributed by atoms with Crippen molar-refractivity contribution in [3.63, 3.8) is 0 Å². The lowest BCUT2D eigenvalue weighted by molar-refractivity contribution is 0.147. The van der Waals surface area contributed by atoms with Gasteiger partial charge in [0.2, 0.25) is 0 Å². The SMILES string of the molecule is CC(C)C1CN(C)c2cc(CC3CCCN3)ccc2O1. The predicted molar refractivity (Wildman–Crippen MR) is 83.7 cm³/mol. The molecular weight excluding hydrogens is 248 g/mol. The summed E-state index contributed by atoms with van der Waals surface area (Å²) in [6.07, 6.45) is 4.05. The number of anilines is 1. The van der Waals surface area contributed by atoms with E-state index >= 15 is 0 Å². The topological polar surface area (TPSA) is 24.5 Å². The largest absolute Gasteiger partial charge is 0.486 e. The molecule has 110 valence electrons. The summed E-state index contributed by atoms with van der Waals surface area (Å²) < 4.78 is 6.13. The van der Waals surface area contributed by atoms with Gasteiger partial charge in [-0.1, -0.05) is 19.9 Å². The molecule has 0 amide bonds. The van der Waals surface area contributed by atoms with E-state index in [2.05, 4.69) is 49.3 Å². The van der Waals surface area contributed by atoms with E-state index < -0.39 is 0 Å². The molecule has 3 nitrogen and oxygen atoms in total. The molecule has 0 bridgehead atoms. The van der Waals surface area contributed by atoms with Gasteiger partial charge in [-0.05, 0) is 49.4 Å². The fraction of sp³-hybridized carbons (Fsp3) is 0.647. The summed E-state index contributed by atoms with van der Waals surface area (Å²) in [7, 11) is 2.17. The monoisotopic (exact) mass is 274 g/mol. The van der Waals surface area contributed by atoms with Gasteiger partial charge < -0.3 is 15.0 Å². The highest BCUT2D eigenvalue weighted by Crippen LogP contribution is 2.35. The van der Waals surface area contributed by atoms with Crippen LogP contribution in [0.3, 0.4) is 0 Å². The molecule has 2 heterocycles. The van der Waals surface area contributed by atoms with E-state index in [1.54, 1.807) is 0 Å². The third kappa shape index (κ3) is 2.78. The van der Waals surface area contributed by atoms with Gasteiger partial charge in [0.05, 0.1) is 12.2 Å². The van der Waals surface area contributed by atoms with Gasteiger partial charge in [-0.2, -0.15) is 0 Å². The average molecular weight is 274 g/mol. The van der Waals surface area contributed by atoms with Crippen molar-refractivity contribution in [1.82, 2.24) is 5.32 Å². The van der Waals surface area contributed by atoms with Crippen molar-refractivity contribution in [3.05, 3.63) is 23.8 Å². The van der Waals surface area contributed by atoms with Crippen LogP contribution in [0.2, 0.25) is 0 Å². The molecule has 0 aliphatic carbocycles. The normalized spacial score (nSPS) is 25.7. The number of hydrogen-bond donors (Lipinski definition) is 1. The third-order valence-electron chi connectivity index (χ3n) is 4.55. The van der Waals surface area contributed by atoms with Crippen LogP contribution in [0.25, 0.3) is 0 Å². The lowest BCUT2D eigenvalue weighted by Crippen LogP contribution is -2.40. The Kier molecular flexibility index (Phi) is 3.88. The van der Waals surface area contributed by atoms with Crippen molar-refractivity contribution in [3.8, 4) is 5.75 Å². The van der Waals surface area contributed by atoms with Gasteiger partial charge in [0.1, 0.15) is 11.9 Å². The Morgan fingerprint density at radius 3 is 2.95 bits per heavy atom. The molecule has 2 aliphatic rings. The molecule has 0 aromatic heterocycles. The van der Waals surface area contributed by atoms with Crippen molar-refractivity contribution in [2.24, 2.45) is 5.92 Å². The molecule has 3 heteroatoms. The fourth-order valence-electron chi connectivity index (χ4n) is 3.22. The number of nitrogens with one attached hydrogen (secondary N) is 1. The highest BCUT2D eigenvalue weighted by atomic mass is 16.5. The predicted octanol–water partition coefficient (Wildman–Crippen LogP) is 2.83. The molecule has 1 aromatic carbocycles. The molecule has 0 radical (unpaired) electrons. The van der Waals surface area contributed by atoms with Crippen molar-refractivity contribution >= 4 is 5.69 Å². The quantitative estimate of drug-likeness (QED) is 0.917. The van der Waals surface area contributed by atoms with Gasteiger partial charge in [-0.25, -0.2) is 0 Å². The van der Waals surface area contributed by atoms with Crippen LogP contribution < -0.4 is 15.0 Å². The second-order valence-corrected chi connectivity index (χ2v) is 6.58.